The summed E-state index contributed by atoms with van der Waals surface area (Å²) in [6.45, 7) is 0. The molecule has 4 heteroatoms. The Bertz CT molecular complexity index is 138. The Balaban J connectivity index is 2.55. The number of hydrogen-bond donors (Lipinski definition) is 0. The summed E-state index contributed by atoms with van der Waals surface area (Å²) in [5.41, 5.74) is 0. The Hall–Kier alpha value is -0.540. The summed E-state index contributed by atoms with van der Waals surface area (Å²) in [6, 6.07) is -1.43. The zero-order valence-corrected chi connectivity index (χ0v) is 5.36. The van der Waals surface area contributed by atoms with Gasteiger partial charge in [0.25, 0.3) is 0 Å². The van der Waals surface area contributed by atoms with Crippen molar-refractivity contribution in [3.05, 3.63) is 0 Å². The third-order valence-electron chi connectivity index (χ3n) is 1.47. The monoisotopic (exact) mass is 151 g/mol. The van der Waals surface area contributed by atoms with E-state index in [2.05, 4.69) is 4.99 Å². The first-order valence-electron chi connectivity index (χ1n) is 3.19. The Morgan fingerprint density at radius 3 is 2.40 bits per heavy atom. The van der Waals surface area contributed by atoms with Crippen molar-refractivity contribution in [3.63, 3.8) is 0 Å². The lowest BCUT2D eigenvalue weighted by molar-refractivity contribution is -0.148. The van der Waals surface area contributed by atoms with Gasteiger partial charge in [-0.1, -0.05) is 0 Å². The van der Waals surface area contributed by atoms with Crippen LogP contribution in [-0.4, -0.2) is 18.4 Å². The molecule has 0 aromatic carbocycles. The molecule has 10 heavy (non-hydrogen) atoms. The summed E-state index contributed by atoms with van der Waals surface area (Å²) in [4.78, 5) is 3.35. The first kappa shape index (κ1) is 7.57. The number of hydrogen-bond acceptors (Lipinski definition) is 1. The average molecular weight is 151 g/mol. The Morgan fingerprint density at radius 2 is 2.10 bits per heavy atom. The van der Waals surface area contributed by atoms with Gasteiger partial charge in [-0.25, -0.2) is 0 Å². The molecule has 1 heterocycles. The third kappa shape index (κ3) is 1.72. The SMILES string of the molecule is FC(F)(F)C1CCCC=N1. The molecule has 0 radical (unpaired) electrons. The molecule has 0 amide bonds. The van der Waals surface area contributed by atoms with Crippen molar-refractivity contribution < 1.29 is 13.2 Å². The second-order valence-corrected chi connectivity index (χ2v) is 2.32. The van der Waals surface area contributed by atoms with E-state index in [-0.39, 0.29) is 6.42 Å². The highest BCUT2D eigenvalue weighted by Crippen LogP contribution is 2.28. The molecular formula is C6H8F3N. The summed E-state index contributed by atoms with van der Waals surface area (Å²) in [5, 5.41) is 0. The molecule has 0 aromatic rings. The van der Waals surface area contributed by atoms with Gasteiger partial charge in [-0.3, -0.25) is 4.99 Å². The highest BCUT2D eigenvalue weighted by Gasteiger charge is 2.39. The second kappa shape index (κ2) is 2.60. The van der Waals surface area contributed by atoms with Crippen LogP contribution in [0.5, 0.6) is 0 Å². The molecule has 0 bridgehead atoms. The van der Waals surface area contributed by atoms with E-state index in [1.807, 2.05) is 0 Å². The molecule has 58 valence electrons. The van der Waals surface area contributed by atoms with Gasteiger partial charge in [0.05, 0.1) is 0 Å². The maximum Gasteiger partial charge on any atom is 0.410 e. The summed E-state index contributed by atoms with van der Waals surface area (Å²) < 4.78 is 35.5. The Labute approximate surface area is 57.0 Å². The zero-order chi connectivity index (χ0) is 7.61. The highest BCUT2D eigenvalue weighted by molar-refractivity contribution is 5.58. The molecule has 0 saturated heterocycles. The van der Waals surface area contributed by atoms with E-state index in [0.29, 0.717) is 12.8 Å². The number of alkyl halides is 3. The van der Waals surface area contributed by atoms with Gasteiger partial charge in [-0.05, 0) is 25.5 Å². The zero-order valence-electron chi connectivity index (χ0n) is 5.36. The molecule has 1 unspecified atom stereocenters. The van der Waals surface area contributed by atoms with Crippen LogP contribution in [0.2, 0.25) is 0 Å². The molecule has 1 aliphatic heterocycles. The fourth-order valence-corrected chi connectivity index (χ4v) is 0.927. The van der Waals surface area contributed by atoms with Gasteiger partial charge >= 0.3 is 6.18 Å². The van der Waals surface area contributed by atoms with E-state index in [4.69, 9.17) is 0 Å². The van der Waals surface area contributed by atoms with Gasteiger partial charge in [0.2, 0.25) is 0 Å². The van der Waals surface area contributed by atoms with Crippen LogP contribution < -0.4 is 0 Å². The first-order valence-corrected chi connectivity index (χ1v) is 3.19. The first-order chi connectivity index (χ1) is 4.61. The van der Waals surface area contributed by atoms with Crippen LogP contribution in [0.4, 0.5) is 13.2 Å². The van der Waals surface area contributed by atoms with Gasteiger partial charge in [0, 0.05) is 0 Å². The second-order valence-electron chi connectivity index (χ2n) is 2.32. The van der Waals surface area contributed by atoms with Crippen molar-refractivity contribution in [2.75, 3.05) is 0 Å². The maximum absolute atomic E-state index is 11.8. The highest BCUT2D eigenvalue weighted by atomic mass is 19.4. The van der Waals surface area contributed by atoms with Crippen molar-refractivity contribution in [1.29, 1.82) is 0 Å². The molecular weight excluding hydrogens is 143 g/mol. The normalized spacial score (nSPS) is 26.9. The number of aliphatic imine (C=N–C) groups is 1. The van der Waals surface area contributed by atoms with Crippen LogP contribution in [0.15, 0.2) is 4.99 Å². The van der Waals surface area contributed by atoms with Crippen molar-refractivity contribution in [1.82, 2.24) is 0 Å². The predicted molar refractivity (Wildman–Crippen MR) is 32.2 cm³/mol. The molecule has 1 aliphatic rings. The topological polar surface area (TPSA) is 12.4 Å². The van der Waals surface area contributed by atoms with Crippen LogP contribution in [0, 0.1) is 0 Å². The van der Waals surface area contributed by atoms with Crippen LogP contribution in [0.1, 0.15) is 19.3 Å². The number of rotatable bonds is 0. The number of halogens is 3. The molecule has 1 nitrogen and oxygen atoms in total. The van der Waals surface area contributed by atoms with E-state index in [1.54, 1.807) is 0 Å². The lowest BCUT2D eigenvalue weighted by Gasteiger charge is -2.18. The molecule has 0 N–H and O–H groups in total. The molecule has 0 fully saturated rings. The number of nitrogens with zero attached hydrogens (tertiary/aromatic N) is 1. The summed E-state index contributed by atoms with van der Waals surface area (Å²) in [7, 11) is 0. The largest absolute Gasteiger partial charge is 0.410 e. The van der Waals surface area contributed by atoms with Gasteiger partial charge in [0.1, 0.15) is 6.04 Å². The van der Waals surface area contributed by atoms with E-state index in [9.17, 15) is 13.2 Å². The van der Waals surface area contributed by atoms with Crippen LogP contribution in [-0.2, 0) is 0 Å². The Morgan fingerprint density at radius 1 is 1.40 bits per heavy atom. The van der Waals surface area contributed by atoms with Gasteiger partial charge in [-0.2, -0.15) is 13.2 Å². The fraction of sp³-hybridized carbons (Fsp3) is 0.833. The van der Waals surface area contributed by atoms with Gasteiger partial charge in [0.15, 0.2) is 0 Å². The van der Waals surface area contributed by atoms with E-state index < -0.39 is 12.2 Å². The molecule has 0 aliphatic carbocycles. The Kier molecular flexibility index (Phi) is 1.97. The van der Waals surface area contributed by atoms with Crippen LogP contribution in [0.25, 0.3) is 0 Å². The smallest absolute Gasteiger partial charge is 0.285 e. The third-order valence-corrected chi connectivity index (χ3v) is 1.47. The summed E-state index contributed by atoms with van der Waals surface area (Å²) in [6.07, 6.45) is -1.32. The van der Waals surface area contributed by atoms with Crippen molar-refractivity contribution in [2.45, 2.75) is 31.5 Å². The minimum atomic E-state index is -4.13. The maximum atomic E-state index is 11.8. The molecule has 0 spiro atoms. The minimum absolute atomic E-state index is 0.153. The average Bonchev–Trinajstić information content (AvgIpc) is 1.88. The van der Waals surface area contributed by atoms with Crippen molar-refractivity contribution in [2.24, 2.45) is 4.99 Å². The van der Waals surface area contributed by atoms with Crippen LogP contribution in [0.3, 0.4) is 0 Å². The van der Waals surface area contributed by atoms with Crippen molar-refractivity contribution >= 4 is 6.21 Å². The lowest BCUT2D eigenvalue weighted by atomic mass is 10.1. The predicted octanol–water partition coefficient (Wildman–Crippen LogP) is 2.17. The van der Waals surface area contributed by atoms with Crippen LogP contribution >= 0.6 is 0 Å². The standard InChI is InChI=1S/C6H8F3N/c7-6(8,9)5-3-1-2-4-10-5/h4-5H,1-3H2. The minimum Gasteiger partial charge on any atom is -0.285 e. The van der Waals surface area contributed by atoms with E-state index in [1.165, 1.54) is 6.21 Å². The molecule has 1 atom stereocenters. The van der Waals surface area contributed by atoms with E-state index in [0.717, 1.165) is 0 Å². The molecule has 0 saturated carbocycles. The van der Waals surface area contributed by atoms with Gasteiger partial charge in [-0.15, -0.1) is 0 Å². The summed E-state index contributed by atoms with van der Waals surface area (Å²) >= 11 is 0. The quantitative estimate of drug-likeness (QED) is 0.503. The van der Waals surface area contributed by atoms with Crippen molar-refractivity contribution in [3.8, 4) is 0 Å². The summed E-state index contributed by atoms with van der Waals surface area (Å²) in [5.74, 6) is 0. The fourth-order valence-electron chi connectivity index (χ4n) is 0.927. The molecule has 1 rings (SSSR count). The van der Waals surface area contributed by atoms with Gasteiger partial charge < -0.3 is 0 Å². The lowest BCUT2D eigenvalue weighted by Crippen LogP contribution is -2.28. The molecule has 0 aromatic heterocycles. The van der Waals surface area contributed by atoms with E-state index >= 15 is 0 Å².